The number of anilines is 1. The van der Waals surface area contributed by atoms with Crippen molar-refractivity contribution in [2.45, 2.75) is 58.8 Å². The first-order valence-electron chi connectivity index (χ1n) is 10.3. The molecule has 1 atom stereocenters. The average molecular weight is 353 g/mol. The molecule has 0 aliphatic carbocycles. The normalized spacial score (nSPS) is 21.1. The van der Waals surface area contributed by atoms with E-state index < -0.39 is 0 Å². The molecule has 4 heteroatoms. The number of fused-ring (bicyclic) bond motifs is 1. The molecule has 1 unspecified atom stereocenters. The van der Waals surface area contributed by atoms with E-state index in [1.54, 1.807) is 0 Å². The van der Waals surface area contributed by atoms with Crippen LogP contribution in [-0.4, -0.2) is 40.9 Å². The standard InChI is InChI=1S/C22H32N4/c1-4-25-14-8-10-18(15-25)21-19-11-5-6-13-23-22(19)26(24-21)20-12-7-9-16(2)17(20)3/h7,9,12,18,23H,4-6,8,10-11,13-15H2,1-3H3. The Balaban J connectivity index is 1.80. The Kier molecular flexibility index (Phi) is 5.03. The van der Waals surface area contributed by atoms with Crippen molar-refractivity contribution in [1.82, 2.24) is 14.7 Å². The molecule has 0 spiro atoms. The summed E-state index contributed by atoms with van der Waals surface area (Å²) in [5.41, 5.74) is 6.72. The lowest BCUT2D eigenvalue weighted by atomic mass is 9.91. The second-order valence-electron chi connectivity index (χ2n) is 7.96. The first-order chi connectivity index (χ1) is 12.7. The van der Waals surface area contributed by atoms with Gasteiger partial charge < -0.3 is 10.2 Å². The van der Waals surface area contributed by atoms with Crippen LogP contribution in [0, 0.1) is 13.8 Å². The molecule has 1 N–H and O–H groups in total. The van der Waals surface area contributed by atoms with Gasteiger partial charge in [-0.2, -0.15) is 5.10 Å². The molecule has 1 saturated heterocycles. The molecule has 1 aromatic carbocycles. The van der Waals surface area contributed by atoms with Gasteiger partial charge in [0.1, 0.15) is 5.82 Å². The highest BCUT2D eigenvalue weighted by Gasteiger charge is 2.29. The summed E-state index contributed by atoms with van der Waals surface area (Å²) in [4.78, 5) is 2.58. The Labute approximate surface area is 157 Å². The first-order valence-corrected chi connectivity index (χ1v) is 10.3. The Morgan fingerprint density at radius 3 is 2.92 bits per heavy atom. The maximum absolute atomic E-state index is 5.23. The van der Waals surface area contributed by atoms with Crippen LogP contribution < -0.4 is 5.32 Å². The van der Waals surface area contributed by atoms with E-state index >= 15 is 0 Å². The number of hydrogen-bond acceptors (Lipinski definition) is 3. The summed E-state index contributed by atoms with van der Waals surface area (Å²) in [7, 11) is 0. The number of rotatable bonds is 3. The molecule has 4 nitrogen and oxygen atoms in total. The van der Waals surface area contributed by atoms with Gasteiger partial charge in [0, 0.05) is 24.6 Å². The van der Waals surface area contributed by atoms with Crippen LogP contribution in [0.4, 0.5) is 5.82 Å². The zero-order valence-electron chi connectivity index (χ0n) is 16.5. The van der Waals surface area contributed by atoms with Crippen LogP contribution in [0.25, 0.3) is 5.69 Å². The monoisotopic (exact) mass is 352 g/mol. The summed E-state index contributed by atoms with van der Waals surface area (Å²) in [5, 5.41) is 8.94. The molecule has 0 amide bonds. The topological polar surface area (TPSA) is 33.1 Å². The Morgan fingerprint density at radius 1 is 1.19 bits per heavy atom. The van der Waals surface area contributed by atoms with Gasteiger partial charge in [0.15, 0.2) is 0 Å². The number of nitrogens with one attached hydrogen (secondary N) is 1. The zero-order valence-corrected chi connectivity index (χ0v) is 16.5. The number of aromatic nitrogens is 2. The van der Waals surface area contributed by atoms with E-state index in [1.165, 1.54) is 66.1 Å². The lowest BCUT2D eigenvalue weighted by Crippen LogP contribution is -2.34. The summed E-state index contributed by atoms with van der Waals surface area (Å²) in [6.45, 7) is 11.3. The number of nitrogens with zero attached hydrogens (tertiary/aromatic N) is 3. The molecular formula is C22H32N4. The van der Waals surface area contributed by atoms with Crippen molar-refractivity contribution < 1.29 is 0 Å². The number of likely N-dealkylation sites (N-methyl/N-ethyl adjacent to an activating group) is 1. The van der Waals surface area contributed by atoms with Gasteiger partial charge in [0.05, 0.1) is 11.4 Å². The molecule has 26 heavy (non-hydrogen) atoms. The van der Waals surface area contributed by atoms with Crippen LogP contribution in [0.2, 0.25) is 0 Å². The largest absolute Gasteiger partial charge is 0.370 e. The van der Waals surface area contributed by atoms with E-state index in [4.69, 9.17) is 5.10 Å². The fourth-order valence-corrected chi connectivity index (χ4v) is 4.56. The molecule has 3 heterocycles. The lowest BCUT2D eigenvalue weighted by Gasteiger charge is -2.31. The van der Waals surface area contributed by atoms with Gasteiger partial charge in [-0.25, -0.2) is 4.68 Å². The predicted octanol–water partition coefficient (Wildman–Crippen LogP) is 4.44. The minimum Gasteiger partial charge on any atom is -0.370 e. The van der Waals surface area contributed by atoms with Gasteiger partial charge in [-0.05, 0) is 76.2 Å². The van der Waals surface area contributed by atoms with Crippen LogP contribution >= 0.6 is 0 Å². The van der Waals surface area contributed by atoms with E-state index in [2.05, 4.69) is 53.9 Å². The summed E-state index contributed by atoms with van der Waals surface area (Å²) in [5.74, 6) is 1.82. The molecular weight excluding hydrogens is 320 g/mol. The summed E-state index contributed by atoms with van der Waals surface area (Å²) >= 11 is 0. The van der Waals surface area contributed by atoms with E-state index in [0.717, 1.165) is 26.1 Å². The zero-order chi connectivity index (χ0) is 18.1. The molecule has 1 fully saturated rings. The Hall–Kier alpha value is -1.81. The quantitative estimate of drug-likeness (QED) is 0.887. The molecule has 4 rings (SSSR count). The van der Waals surface area contributed by atoms with Crippen LogP contribution in [0.3, 0.4) is 0 Å². The van der Waals surface area contributed by atoms with Gasteiger partial charge in [0.2, 0.25) is 0 Å². The maximum Gasteiger partial charge on any atom is 0.133 e. The fraction of sp³-hybridized carbons (Fsp3) is 0.591. The second-order valence-corrected chi connectivity index (χ2v) is 7.96. The van der Waals surface area contributed by atoms with Gasteiger partial charge in [-0.3, -0.25) is 0 Å². The third-order valence-electron chi connectivity index (χ3n) is 6.30. The third kappa shape index (κ3) is 3.16. The molecule has 140 valence electrons. The fourth-order valence-electron chi connectivity index (χ4n) is 4.56. The van der Waals surface area contributed by atoms with Crippen molar-refractivity contribution in [3.05, 3.63) is 40.6 Å². The van der Waals surface area contributed by atoms with Crippen molar-refractivity contribution in [2.24, 2.45) is 0 Å². The van der Waals surface area contributed by atoms with Gasteiger partial charge in [-0.15, -0.1) is 0 Å². The molecule has 1 aromatic heterocycles. The van der Waals surface area contributed by atoms with Gasteiger partial charge in [0.25, 0.3) is 0 Å². The third-order valence-corrected chi connectivity index (χ3v) is 6.30. The van der Waals surface area contributed by atoms with Crippen molar-refractivity contribution in [3.63, 3.8) is 0 Å². The Morgan fingerprint density at radius 2 is 2.08 bits per heavy atom. The lowest BCUT2D eigenvalue weighted by molar-refractivity contribution is 0.215. The minimum atomic E-state index is 0.573. The van der Waals surface area contributed by atoms with Crippen molar-refractivity contribution in [2.75, 3.05) is 31.5 Å². The summed E-state index contributed by atoms with van der Waals surface area (Å²) in [6, 6.07) is 6.56. The first kappa shape index (κ1) is 17.6. The van der Waals surface area contributed by atoms with E-state index in [-0.39, 0.29) is 0 Å². The van der Waals surface area contributed by atoms with Crippen molar-refractivity contribution >= 4 is 5.82 Å². The highest BCUT2D eigenvalue weighted by molar-refractivity contribution is 5.57. The number of hydrogen-bond donors (Lipinski definition) is 1. The van der Waals surface area contributed by atoms with E-state index in [9.17, 15) is 0 Å². The second kappa shape index (κ2) is 7.43. The van der Waals surface area contributed by atoms with Crippen molar-refractivity contribution in [1.29, 1.82) is 0 Å². The van der Waals surface area contributed by atoms with Crippen LogP contribution in [0.15, 0.2) is 18.2 Å². The van der Waals surface area contributed by atoms with Gasteiger partial charge in [-0.1, -0.05) is 19.1 Å². The molecule has 2 aromatic rings. The predicted molar refractivity (Wildman–Crippen MR) is 109 cm³/mol. The maximum atomic E-state index is 5.23. The number of benzene rings is 1. The number of likely N-dealkylation sites (tertiary alicyclic amines) is 1. The molecule has 0 bridgehead atoms. The van der Waals surface area contributed by atoms with Crippen molar-refractivity contribution in [3.8, 4) is 5.69 Å². The Bertz CT molecular complexity index is 777. The number of aryl methyl sites for hydroxylation is 1. The van der Waals surface area contributed by atoms with Crippen LogP contribution in [0.1, 0.15) is 60.9 Å². The molecule has 0 saturated carbocycles. The minimum absolute atomic E-state index is 0.573. The van der Waals surface area contributed by atoms with Crippen LogP contribution in [-0.2, 0) is 6.42 Å². The average Bonchev–Trinajstić information content (AvgIpc) is 2.85. The highest BCUT2D eigenvalue weighted by Crippen LogP contribution is 2.36. The summed E-state index contributed by atoms with van der Waals surface area (Å²) in [6.07, 6.45) is 6.22. The SMILES string of the molecule is CCN1CCCC(c2nn(-c3cccc(C)c3C)c3c2CCCCN3)C1. The highest BCUT2D eigenvalue weighted by atomic mass is 15.3. The van der Waals surface area contributed by atoms with Crippen LogP contribution in [0.5, 0.6) is 0 Å². The molecule has 2 aliphatic heterocycles. The molecule has 0 radical (unpaired) electrons. The van der Waals surface area contributed by atoms with E-state index in [0.29, 0.717) is 5.92 Å². The smallest absolute Gasteiger partial charge is 0.133 e. The summed E-state index contributed by atoms with van der Waals surface area (Å²) < 4.78 is 2.21. The van der Waals surface area contributed by atoms with E-state index in [1.807, 2.05) is 0 Å². The van der Waals surface area contributed by atoms with Gasteiger partial charge >= 0.3 is 0 Å². The number of piperidine rings is 1. The molecule has 2 aliphatic rings.